The number of nitrogens with zero attached hydrogens (tertiary/aromatic N) is 1. The average molecular weight is 326 g/mol. The maximum Gasteiger partial charge on any atom is 0.251 e. The predicted octanol–water partition coefficient (Wildman–Crippen LogP) is 2.57. The zero-order chi connectivity index (χ0) is 16.8. The minimum Gasteiger partial charge on any atom is -0.497 e. The number of methoxy groups -OCH3 is 1. The van der Waals surface area contributed by atoms with Crippen LogP contribution in [0.5, 0.6) is 5.75 Å². The fourth-order valence-electron chi connectivity index (χ4n) is 3.13. The van der Waals surface area contributed by atoms with Crippen LogP contribution in [0.2, 0.25) is 0 Å². The van der Waals surface area contributed by atoms with Gasteiger partial charge in [-0.2, -0.15) is 0 Å². The number of ether oxygens (including phenoxy) is 2. The Bertz CT molecular complexity index is 665. The van der Waals surface area contributed by atoms with E-state index in [0.29, 0.717) is 25.3 Å². The molecular formula is C19H22N2O3. The molecule has 1 fully saturated rings. The van der Waals surface area contributed by atoms with Gasteiger partial charge in [-0.25, -0.2) is 0 Å². The van der Waals surface area contributed by atoms with Gasteiger partial charge in [0.15, 0.2) is 0 Å². The summed E-state index contributed by atoms with van der Waals surface area (Å²) in [6.45, 7) is 2.00. The molecule has 3 rings (SSSR count). The molecule has 1 aromatic carbocycles. The van der Waals surface area contributed by atoms with Crippen LogP contribution in [-0.4, -0.2) is 37.8 Å². The number of nitrogens with one attached hydrogen (secondary N) is 1. The van der Waals surface area contributed by atoms with Crippen LogP contribution in [-0.2, 0) is 10.2 Å². The Labute approximate surface area is 142 Å². The van der Waals surface area contributed by atoms with E-state index >= 15 is 0 Å². The summed E-state index contributed by atoms with van der Waals surface area (Å²) in [6.07, 6.45) is 5.02. The molecule has 0 saturated carbocycles. The van der Waals surface area contributed by atoms with Crippen molar-refractivity contribution in [2.45, 2.75) is 18.3 Å². The van der Waals surface area contributed by atoms with E-state index in [1.165, 1.54) is 5.56 Å². The normalized spacial score (nSPS) is 16.4. The minimum absolute atomic E-state index is 0.0724. The van der Waals surface area contributed by atoms with Gasteiger partial charge in [0.1, 0.15) is 5.75 Å². The standard InChI is InChI=1S/C19H22N2O3/c1-23-17-4-2-16(3-5-17)19(8-12-24-13-9-19)14-21-18(22)15-6-10-20-11-7-15/h2-7,10-11H,8-9,12-14H2,1H3,(H,21,22). The third-order valence-electron chi connectivity index (χ3n) is 4.68. The topological polar surface area (TPSA) is 60.5 Å². The molecule has 24 heavy (non-hydrogen) atoms. The largest absolute Gasteiger partial charge is 0.497 e. The Hall–Kier alpha value is -2.40. The zero-order valence-corrected chi connectivity index (χ0v) is 13.8. The van der Waals surface area contributed by atoms with Gasteiger partial charge in [-0.1, -0.05) is 12.1 Å². The molecule has 126 valence electrons. The molecule has 1 aromatic heterocycles. The molecule has 1 amide bonds. The Balaban J connectivity index is 1.77. The van der Waals surface area contributed by atoms with Crippen molar-refractivity contribution in [1.82, 2.24) is 10.3 Å². The summed E-state index contributed by atoms with van der Waals surface area (Å²) in [5.41, 5.74) is 1.73. The van der Waals surface area contributed by atoms with E-state index in [9.17, 15) is 4.79 Å². The third-order valence-corrected chi connectivity index (χ3v) is 4.68. The highest BCUT2D eigenvalue weighted by molar-refractivity contribution is 5.94. The monoisotopic (exact) mass is 326 g/mol. The van der Waals surface area contributed by atoms with E-state index < -0.39 is 0 Å². The van der Waals surface area contributed by atoms with Gasteiger partial charge < -0.3 is 14.8 Å². The summed E-state index contributed by atoms with van der Waals surface area (Å²) >= 11 is 0. The Morgan fingerprint density at radius 1 is 1.17 bits per heavy atom. The second-order valence-electron chi connectivity index (χ2n) is 6.04. The lowest BCUT2D eigenvalue weighted by Crippen LogP contribution is -2.44. The molecule has 1 saturated heterocycles. The molecule has 0 aliphatic carbocycles. The number of hydrogen-bond acceptors (Lipinski definition) is 4. The maximum absolute atomic E-state index is 12.4. The number of hydrogen-bond donors (Lipinski definition) is 1. The van der Waals surface area contributed by atoms with Crippen LogP contribution < -0.4 is 10.1 Å². The highest BCUT2D eigenvalue weighted by Crippen LogP contribution is 2.35. The maximum atomic E-state index is 12.4. The Morgan fingerprint density at radius 2 is 1.83 bits per heavy atom. The third kappa shape index (κ3) is 3.57. The molecule has 0 bridgehead atoms. The number of benzene rings is 1. The van der Waals surface area contributed by atoms with Gasteiger partial charge in [0.25, 0.3) is 5.91 Å². The predicted molar refractivity (Wildman–Crippen MR) is 91.3 cm³/mol. The molecule has 0 radical (unpaired) electrons. The van der Waals surface area contributed by atoms with Gasteiger partial charge in [-0.3, -0.25) is 9.78 Å². The van der Waals surface area contributed by atoms with Crippen LogP contribution in [0.4, 0.5) is 0 Å². The summed E-state index contributed by atoms with van der Waals surface area (Å²) in [7, 11) is 1.66. The lowest BCUT2D eigenvalue weighted by Gasteiger charge is -2.38. The molecule has 0 spiro atoms. The fraction of sp³-hybridized carbons (Fsp3) is 0.368. The minimum atomic E-state index is -0.104. The van der Waals surface area contributed by atoms with Crippen molar-refractivity contribution in [3.63, 3.8) is 0 Å². The molecule has 0 unspecified atom stereocenters. The average Bonchev–Trinajstić information content (AvgIpc) is 2.67. The van der Waals surface area contributed by atoms with Crippen LogP contribution in [0.1, 0.15) is 28.8 Å². The van der Waals surface area contributed by atoms with Gasteiger partial charge in [-0.05, 0) is 42.7 Å². The van der Waals surface area contributed by atoms with Crippen LogP contribution >= 0.6 is 0 Å². The van der Waals surface area contributed by atoms with Crippen LogP contribution in [0, 0.1) is 0 Å². The van der Waals surface area contributed by atoms with E-state index in [4.69, 9.17) is 9.47 Å². The molecule has 5 heteroatoms. The highest BCUT2D eigenvalue weighted by atomic mass is 16.5. The second kappa shape index (κ2) is 7.45. The quantitative estimate of drug-likeness (QED) is 0.917. The van der Waals surface area contributed by atoms with E-state index in [1.807, 2.05) is 12.1 Å². The highest BCUT2D eigenvalue weighted by Gasteiger charge is 2.35. The number of aromatic nitrogens is 1. The molecule has 2 aromatic rings. The van der Waals surface area contributed by atoms with E-state index in [0.717, 1.165) is 18.6 Å². The smallest absolute Gasteiger partial charge is 0.251 e. The summed E-state index contributed by atoms with van der Waals surface area (Å²) in [5, 5.41) is 3.08. The molecule has 0 atom stereocenters. The number of pyridine rings is 1. The van der Waals surface area contributed by atoms with Crippen molar-refractivity contribution in [1.29, 1.82) is 0 Å². The molecule has 1 aliphatic rings. The molecule has 1 aliphatic heterocycles. The van der Waals surface area contributed by atoms with Crippen LogP contribution in [0.15, 0.2) is 48.8 Å². The summed E-state index contributed by atoms with van der Waals surface area (Å²) in [5.74, 6) is 0.763. The van der Waals surface area contributed by atoms with Crippen molar-refractivity contribution >= 4 is 5.91 Å². The first-order chi connectivity index (χ1) is 11.7. The van der Waals surface area contributed by atoms with Gasteiger partial charge >= 0.3 is 0 Å². The first-order valence-corrected chi connectivity index (χ1v) is 8.14. The lowest BCUT2D eigenvalue weighted by molar-refractivity contribution is 0.0487. The molecule has 1 N–H and O–H groups in total. The summed E-state index contributed by atoms with van der Waals surface area (Å²) < 4.78 is 10.8. The van der Waals surface area contributed by atoms with Crippen molar-refractivity contribution in [2.75, 3.05) is 26.9 Å². The Morgan fingerprint density at radius 3 is 2.46 bits per heavy atom. The SMILES string of the molecule is COc1ccc(C2(CNC(=O)c3ccncc3)CCOCC2)cc1. The number of rotatable bonds is 5. The fourth-order valence-corrected chi connectivity index (χ4v) is 3.13. The van der Waals surface area contributed by atoms with E-state index in [-0.39, 0.29) is 11.3 Å². The number of carbonyl (C=O) groups is 1. The summed E-state index contributed by atoms with van der Waals surface area (Å²) in [6, 6.07) is 11.6. The number of amides is 1. The summed E-state index contributed by atoms with van der Waals surface area (Å²) in [4.78, 5) is 16.3. The molecule has 2 heterocycles. The van der Waals surface area contributed by atoms with Crippen LogP contribution in [0.3, 0.4) is 0 Å². The second-order valence-corrected chi connectivity index (χ2v) is 6.04. The first kappa shape index (κ1) is 16.5. The van der Waals surface area contributed by atoms with Gasteiger partial charge in [-0.15, -0.1) is 0 Å². The van der Waals surface area contributed by atoms with Gasteiger partial charge in [0, 0.05) is 43.1 Å². The van der Waals surface area contributed by atoms with Crippen molar-refractivity contribution in [3.8, 4) is 5.75 Å². The Kier molecular flexibility index (Phi) is 5.11. The van der Waals surface area contributed by atoms with E-state index in [2.05, 4.69) is 22.4 Å². The number of carbonyl (C=O) groups excluding carboxylic acids is 1. The van der Waals surface area contributed by atoms with Crippen molar-refractivity contribution in [2.24, 2.45) is 0 Å². The van der Waals surface area contributed by atoms with Gasteiger partial charge in [0.05, 0.1) is 7.11 Å². The molecule has 5 nitrogen and oxygen atoms in total. The van der Waals surface area contributed by atoms with Crippen molar-refractivity contribution in [3.05, 3.63) is 59.9 Å². The van der Waals surface area contributed by atoms with Crippen LogP contribution in [0.25, 0.3) is 0 Å². The van der Waals surface area contributed by atoms with Gasteiger partial charge in [0.2, 0.25) is 0 Å². The molecular weight excluding hydrogens is 304 g/mol. The van der Waals surface area contributed by atoms with E-state index in [1.54, 1.807) is 31.6 Å². The lowest BCUT2D eigenvalue weighted by atomic mass is 9.74. The van der Waals surface area contributed by atoms with Crippen molar-refractivity contribution < 1.29 is 14.3 Å². The zero-order valence-electron chi connectivity index (χ0n) is 13.8. The first-order valence-electron chi connectivity index (χ1n) is 8.14.